The van der Waals surface area contributed by atoms with E-state index in [2.05, 4.69) is 5.10 Å². The predicted octanol–water partition coefficient (Wildman–Crippen LogP) is 1.49. The summed E-state index contributed by atoms with van der Waals surface area (Å²) in [7, 11) is -3.76. The van der Waals surface area contributed by atoms with Crippen LogP contribution in [0.5, 0.6) is 0 Å². The van der Waals surface area contributed by atoms with Gasteiger partial charge in [-0.2, -0.15) is 5.10 Å². The quantitative estimate of drug-likeness (QED) is 0.824. The van der Waals surface area contributed by atoms with Crippen LogP contribution in [0.3, 0.4) is 0 Å². The first-order valence-electron chi connectivity index (χ1n) is 6.72. The molecule has 1 aromatic heterocycles. The van der Waals surface area contributed by atoms with E-state index in [9.17, 15) is 13.2 Å². The van der Waals surface area contributed by atoms with Crippen LogP contribution < -0.4 is 0 Å². The lowest BCUT2D eigenvalue weighted by Crippen LogP contribution is -2.36. The van der Waals surface area contributed by atoms with Crippen LogP contribution in [0.15, 0.2) is 6.07 Å². The van der Waals surface area contributed by atoms with Gasteiger partial charge < -0.3 is 5.11 Å². The van der Waals surface area contributed by atoms with E-state index < -0.39 is 27.0 Å². The number of sulfone groups is 1. The van der Waals surface area contributed by atoms with Crippen LogP contribution in [-0.4, -0.2) is 34.5 Å². The van der Waals surface area contributed by atoms with Gasteiger partial charge in [0.25, 0.3) is 0 Å². The molecule has 1 N–H and O–H groups in total. The molecular formula is C13H22N2O4S. The molecule has 0 saturated carbocycles. The van der Waals surface area contributed by atoms with Gasteiger partial charge in [0.15, 0.2) is 15.1 Å². The summed E-state index contributed by atoms with van der Waals surface area (Å²) in [6.45, 7) is 7.58. The number of carboxylic acids is 1. The third-order valence-electron chi connectivity index (χ3n) is 3.16. The molecule has 0 bridgehead atoms. The number of carboxylic acid groups (broad SMARTS) is 1. The van der Waals surface area contributed by atoms with Crippen molar-refractivity contribution in [2.45, 2.75) is 51.7 Å². The van der Waals surface area contributed by atoms with Gasteiger partial charge in [0.05, 0.1) is 17.1 Å². The summed E-state index contributed by atoms with van der Waals surface area (Å²) in [4.78, 5) is 11.2. The van der Waals surface area contributed by atoms with E-state index in [1.165, 1.54) is 0 Å². The second kappa shape index (κ2) is 6.39. The highest BCUT2D eigenvalue weighted by Crippen LogP contribution is 2.19. The fraction of sp³-hybridized carbons (Fsp3) is 0.692. The second-order valence-corrected chi connectivity index (χ2v) is 7.23. The molecule has 0 saturated heterocycles. The predicted molar refractivity (Wildman–Crippen MR) is 76.2 cm³/mol. The number of carbonyl (C=O) groups is 1. The largest absolute Gasteiger partial charge is 0.480 e. The summed E-state index contributed by atoms with van der Waals surface area (Å²) in [6.07, 6.45) is 0.715. The van der Waals surface area contributed by atoms with Gasteiger partial charge in [0, 0.05) is 6.54 Å². The smallest absolute Gasteiger partial charge is 0.322 e. The minimum atomic E-state index is -3.76. The fourth-order valence-electron chi connectivity index (χ4n) is 2.23. The number of hydrogen-bond donors (Lipinski definition) is 1. The molecule has 0 radical (unpaired) electrons. The highest BCUT2D eigenvalue weighted by molar-refractivity contribution is 7.92. The van der Waals surface area contributed by atoms with Gasteiger partial charge in [0.1, 0.15) is 0 Å². The molecule has 1 atom stereocenters. The molecule has 6 nitrogen and oxygen atoms in total. The van der Waals surface area contributed by atoms with Gasteiger partial charge in [-0.05, 0) is 25.3 Å². The number of aliphatic carboxylic acids is 1. The zero-order valence-corrected chi connectivity index (χ0v) is 13.1. The highest BCUT2D eigenvalue weighted by Gasteiger charge is 2.36. The van der Waals surface area contributed by atoms with E-state index in [0.717, 1.165) is 5.69 Å². The molecule has 1 rings (SSSR count). The Kier molecular flexibility index (Phi) is 5.33. The summed E-state index contributed by atoms with van der Waals surface area (Å²) < 4.78 is 26.3. The highest BCUT2D eigenvalue weighted by atomic mass is 32.2. The van der Waals surface area contributed by atoms with Gasteiger partial charge in [0.2, 0.25) is 0 Å². The van der Waals surface area contributed by atoms with Gasteiger partial charge >= 0.3 is 5.97 Å². The summed E-state index contributed by atoms with van der Waals surface area (Å²) in [5, 5.41) is 12.0. The van der Waals surface area contributed by atoms with Gasteiger partial charge in [-0.1, -0.05) is 20.8 Å². The van der Waals surface area contributed by atoms with Gasteiger partial charge in [-0.15, -0.1) is 0 Å². The van der Waals surface area contributed by atoms with Crippen LogP contribution in [-0.2, 0) is 33.4 Å². The van der Waals surface area contributed by atoms with Crippen LogP contribution in [0.2, 0.25) is 0 Å². The third-order valence-corrected chi connectivity index (χ3v) is 5.38. The van der Waals surface area contributed by atoms with Crippen LogP contribution >= 0.6 is 0 Å². The summed E-state index contributed by atoms with van der Waals surface area (Å²) in [6, 6.07) is 1.74. The molecule has 0 amide bonds. The minimum absolute atomic E-state index is 0.289. The SMILES string of the molecule is CCc1cc(CS(=O)(=O)C(C(=O)O)C(C)C)n(CC)n1. The van der Waals surface area contributed by atoms with Crippen LogP contribution in [0.1, 0.15) is 39.1 Å². The molecule has 7 heteroatoms. The molecule has 1 unspecified atom stereocenters. The van der Waals surface area contributed by atoms with Crippen molar-refractivity contribution in [3.05, 3.63) is 17.5 Å². The molecule has 20 heavy (non-hydrogen) atoms. The number of nitrogens with zero attached hydrogens (tertiary/aromatic N) is 2. The maximum absolute atomic E-state index is 12.3. The van der Waals surface area contributed by atoms with Crippen molar-refractivity contribution in [2.24, 2.45) is 5.92 Å². The lowest BCUT2D eigenvalue weighted by atomic mass is 10.1. The molecule has 0 aliphatic heterocycles. The molecule has 1 heterocycles. The second-order valence-electron chi connectivity index (χ2n) is 5.11. The maximum Gasteiger partial charge on any atom is 0.322 e. The van der Waals surface area contributed by atoms with Crippen molar-refractivity contribution in [1.29, 1.82) is 0 Å². The average Bonchev–Trinajstić information content (AvgIpc) is 2.68. The minimum Gasteiger partial charge on any atom is -0.480 e. The molecular weight excluding hydrogens is 280 g/mol. The zero-order valence-electron chi connectivity index (χ0n) is 12.3. The maximum atomic E-state index is 12.3. The van der Waals surface area contributed by atoms with Crippen molar-refractivity contribution in [3.8, 4) is 0 Å². The van der Waals surface area contributed by atoms with Crippen molar-refractivity contribution >= 4 is 15.8 Å². The first-order valence-corrected chi connectivity index (χ1v) is 8.44. The van der Waals surface area contributed by atoms with E-state index in [-0.39, 0.29) is 5.75 Å². The Morgan fingerprint density at radius 2 is 2.00 bits per heavy atom. The Hall–Kier alpha value is -1.37. The first kappa shape index (κ1) is 16.7. The molecule has 0 aromatic carbocycles. The van der Waals surface area contributed by atoms with Crippen molar-refractivity contribution in [1.82, 2.24) is 9.78 Å². The Morgan fingerprint density at radius 1 is 1.40 bits per heavy atom. The zero-order chi connectivity index (χ0) is 15.5. The molecule has 0 aliphatic carbocycles. The molecule has 1 aromatic rings. The number of aryl methyl sites for hydroxylation is 2. The summed E-state index contributed by atoms with van der Waals surface area (Å²) in [5.41, 5.74) is 1.37. The first-order chi connectivity index (χ1) is 9.22. The standard InChI is InChI=1S/C13H22N2O4S/c1-5-10-7-11(15(6-2)14-10)8-20(18,19)12(9(3)4)13(16)17/h7,9,12H,5-6,8H2,1-4H3,(H,16,17). The Morgan fingerprint density at radius 3 is 2.40 bits per heavy atom. The lowest BCUT2D eigenvalue weighted by molar-refractivity contribution is -0.137. The molecule has 0 fully saturated rings. The van der Waals surface area contributed by atoms with Gasteiger partial charge in [-0.3, -0.25) is 9.48 Å². The van der Waals surface area contributed by atoms with Crippen molar-refractivity contribution in [2.75, 3.05) is 0 Å². The monoisotopic (exact) mass is 302 g/mol. The molecule has 0 spiro atoms. The normalized spacial score (nSPS) is 13.7. The fourth-order valence-corrected chi connectivity index (χ4v) is 4.19. The van der Waals surface area contributed by atoms with Gasteiger partial charge in [-0.25, -0.2) is 8.42 Å². The number of aromatic nitrogens is 2. The number of rotatable bonds is 7. The molecule has 114 valence electrons. The Labute approximate surface area is 119 Å². The Bertz CT molecular complexity index is 575. The Balaban J connectivity index is 3.12. The summed E-state index contributed by atoms with van der Waals surface area (Å²) in [5.74, 6) is -2.05. The lowest BCUT2D eigenvalue weighted by Gasteiger charge is -2.17. The summed E-state index contributed by atoms with van der Waals surface area (Å²) >= 11 is 0. The number of hydrogen-bond acceptors (Lipinski definition) is 4. The van der Waals surface area contributed by atoms with E-state index in [0.29, 0.717) is 18.7 Å². The van der Waals surface area contributed by atoms with Crippen LogP contribution in [0, 0.1) is 5.92 Å². The topological polar surface area (TPSA) is 89.3 Å². The third kappa shape index (κ3) is 3.59. The van der Waals surface area contributed by atoms with E-state index in [1.807, 2.05) is 13.8 Å². The van der Waals surface area contributed by atoms with Crippen molar-refractivity contribution < 1.29 is 18.3 Å². The van der Waals surface area contributed by atoms with E-state index in [4.69, 9.17) is 5.11 Å². The van der Waals surface area contributed by atoms with E-state index in [1.54, 1.807) is 24.6 Å². The van der Waals surface area contributed by atoms with Crippen LogP contribution in [0.25, 0.3) is 0 Å². The van der Waals surface area contributed by atoms with Crippen molar-refractivity contribution in [3.63, 3.8) is 0 Å². The average molecular weight is 302 g/mol. The molecule has 0 aliphatic rings. The van der Waals surface area contributed by atoms with Crippen LogP contribution in [0.4, 0.5) is 0 Å². The van der Waals surface area contributed by atoms with E-state index >= 15 is 0 Å².